The molecule has 0 bridgehead atoms. The molecule has 2 N–H and O–H groups in total. The second kappa shape index (κ2) is 4.97. The number of rotatable bonds is 1. The Morgan fingerprint density at radius 1 is 1.26 bits per heavy atom. The summed E-state index contributed by atoms with van der Waals surface area (Å²) in [5.41, 5.74) is 7.97. The van der Waals surface area contributed by atoms with Crippen LogP contribution in [0, 0.1) is 0 Å². The first-order valence-electron chi connectivity index (χ1n) is 7.99. The normalized spacial score (nSPS) is 21.6. The molecule has 7 nitrogen and oxygen atoms in total. The first-order chi connectivity index (χ1) is 11.3. The molecular formula is C15H16N6OS. The van der Waals surface area contributed by atoms with Gasteiger partial charge in [0.15, 0.2) is 11.5 Å². The highest BCUT2D eigenvalue weighted by molar-refractivity contribution is 7.19. The van der Waals surface area contributed by atoms with E-state index >= 15 is 0 Å². The lowest BCUT2D eigenvalue weighted by Gasteiger charge is -2.20. The molecule has 5 rings (SSSR count). The zero-order chi connectivity index (χ0) is 15.4. The molecule has 0 aromatic carbocycles. The molecule has 3 aromatic heterocycles. The molecular weight excluding hydrogens is 312 g/mol. The van der Waals surface area contributed by atoms with Crippen molar-refractivity contribution in [3.8, 4) is 0 Å². The lowest BCUT2D eigenvalue weighted by atomic mass is 9.97. The third-order valence-corrected chi connectivity index (χ3v) is 5.87. The molecule has 0 radical (unpaired) electrons. The van der Waals surface area contributed by atoms with E-state index < -0.39 is 0 Å². The molecule has 8 heteroatoms. The van der Waals surface area contributed by atoms with E-state index in [0.29, 0.717) is 12.8 Å². The van der Waals surface area contributed by atoms with Crippen molar-refractivity contribution in [2.24, 2.45) is 0 Å². The molecule has 1 aliphatic carbocycles. The molecule has 1 amide bonds. The fraction of sp³-hybridized carbons (Fsp3) is 0.467. The second-order valence-corrected chi connectivity index (χ2v) is 7.24. The van der Waals surface area contributed by atoms with Gasteiger partial charge in [-0.3, -0.25) is 10.2 Å². The van der Waals surface area contributed by atoms with Crippen molar-refractivity contribution in [2.75, 3.05) is 0 Å². The summed E-state index contributed by atoms with van der Waals surface area (Å²) in [6.45, 7) is 0. The largest absolute Gasteiger partial charge is 0.291 e. The topological polar surface area (TPSA) is 84.2 Å². The van der Waals surface area contributed by atoms with Crippen LogP contribution in [0.25, 0.3) is 15.9 Å². The van der Waals surface area contributed by atoms with Crippen LogP contribution in [-0.2, 0) is 17.6 Å². The van der Waals surface area contributed by atoms with E-state index in [1.54, 1.807) is 22.2 Å². The van der Waals surface area contributed by atoms with Crippen molar-refractivity contribution in [3.63, 3.8) is 0 Å². The molecule has 23 heavy (non-hydrogen) atoms. The van der Waals surface area contributed by atoms with Gasteiger partial charge >= 0.3 is 0 Å². The summed E-state index contributed by atoms with van der Waals surface area (Å²) >= 11 is 1.79. The first-order valence-corrected chi connectivity index (χ1v) is 8.81. The fourth-order valence-corrected chi connectivity index (χ4v) is 4.71. The summed E-state index contributed by atoms with van der Waals surface area (Å²) < 4.78 is 1.78. The van der Waals surface area contributed by atoms with Crippen molar-refractivity contribution < 1.29 is 4.79 Å². The van der Waals surface area contributed by atoms with Crippen LogP contribution in [0.1, 0.15) is 48.0 Å². The van der Waals surface area contributed by atoms with Gasteiger partial charge in [0.1, 0.15) is 11.2 Å². The average Bonchev–Trinajstić information content (AvgIpc) is 3.16. The van der Waals surface area contributed by atoms with E-state index in [1.807, 2.05) is 0 Å². The van der Waals surface area contributed by atoms with E-state index in [-0.39, 0.29) is 11.9 Å². The number of aryl methyl sites for hydroxylation is 2. The summed E-state index contributed by atoms with van der Waals surface area (Å²) in [7, 11) is 0. The van der Waals surface area contributed by atoms with Crippen LogP contribution < -0.4 is 10.9 Å². The molecule has 1 saturated heterocycles. The number of hydrazine groups is 1. The van der Waals surface area contributed by atoms with E-state index in [4.69, 9.17) is 4.98 Å². The number of hydrogen-bond acceptors (Lipinski definition) is 6. The molecule has 118 valence electrons. The minimum atomic E-state index is -0.0443. The Morgan fingerprint density at radius 3 is 3.04 bits per heavy atom. The number of nitrogens with zero attached hydrogens (tertiary/aromatic N) is 4. The number of aromatic nitrogens is 4. The number of fused-ring (bicyclic) bond motifs is 5. The number of amides is 1. The molecule has 1 fully saturated rings. The van der Waals surface area contributed by atoms with Gasteiger partial charge in [-0.1, -0.05) is 0 Å². The minimum Gasteiger partial charge on any atom is -0.291 e. The zero-order valence-electron chi connectivity index (χ0n) is 12.5. The van der Waals surface area contributed by atoms with Gasteiger partial charge in [-0.25, -0.2) is 19.9 Å². The number of nitrogens with one attached hydrogen (secondary N) is 2. The van der Waals surface area contributed by atoms with Crippen molar-refractivity contribution >= 4 is 33.1 Å². The monoisotopic (exact) mass is 328 g/mol. The third-order valence-electron chi connectivity index (χ3n) is 4.67. The molecule has 0 spiro atoms. The summed E-state index contributed by atoms with van der Waals surface area (Å²) in [5.74, 6) is 0.732. The van der Waals surface area contributed by atoms with Gasteiger partial charge in [0.2, 0.25) is 5.91 Å². The van der Waals surface area contributed by atoms with Crippen molar-refractivity contribution in [3.05, 3.63) is 22.6 Å². The predicted octanol–water partition coefficient (Wildman–Crippen LogP) is 1.67. The van der Waals surface area contributed by atoms with E-state index in [9.17, 15) is 4.79 Å². The van der Waals surface area contributed by atoms with E-state index in [1.165, 1.54) is 28.7 Å². The number of carbonyl (C=O) groups excluding carboxylic acids is 1. The highest BCUT2D eigenvalue weighted by atomic mass is 32.1. The van der Waals surface area contributed by atoms with Crippen LogP contribution in [0.2, 0.25) is 0 Å². The summed E-state index contributed by atoms with van der Waals surface area (Å²) in [5, 5.41) is 5.75. The molecule has 1 unspecified atom stereocenters. The molecule has 1 aliphatic heterocycles. The molecule has 2 aliphatic rings. The highest BCUT2D eigenvalue weighted by Gasteiger charge is 2.25. The number of carbonyl (C=O) groups is 1. The standard InChI is InChI=1S/C15H16N6OS/c22-11-6-5-9(18-19-11)13-17-14-12-8-3-1-2-4-10(8)23-15(12)16-7-21(14)20-13/h7,9,18H,1-6H2,(H,19,22). The Balaban J connectivity index is 1.66. The van der Waals surface area contributed by atoms with Crippen LogP contribution >= 0.6 is 11.3 Å². The zero-order valence-corrected chi connectivity index (χ0v) is 13.3. The van der Waals surface area contributed by atoms with Gasteiger partial charge in [-0.15, -0.1) is 16.4 Å². The summed E-state index contributed by atoms with van der Waals surface area (Å²) in [6.07, 6.45) is 7.71. The van der Waals surface area contributed by atoms with E-state index in [0.717, 1.165) is 29.1 Å². The van der Waals surface area contributed by atoms with Crippen LogP contribution in [0.5, 0.6) is 0 Å². The van der Waals surface area contributed by atoms with Crippen LogP contribution in [-0.4, -0.2) is 25.5 Å². The second-order valence-electron chi connectivity index (χ2n) is 6.16. The molecule has 0 saturated carbocycles. The quantitative estimate of drug-likeness (QED) is 0.710. The predicted molar refractivity (Wildman–Crippen MR) is 86.1 cm³/mol. The van der Waals surface area contributed by atoms with Gasteiger partial charge in [0.05, 0.1) is 11.4 Å². The molecule has 1 atom stereocenters. The Bertz CT molecular complexity index is 919. The Kier molecular flexibility index (Phi) is 2.89. The van der Waals surface area contributed by atoms with Crippen molar-refractivity contribution in [1.29, 1.82) is 0 Å². The lowest BCUT2D eigenvalue weighted by Crippen LogP contribution is -2.44. The Labute approximate surface area is 136 Å². The number of hydrogen-bond donors (Lipinski definition) is 2. The minimum absolute atomic E-state index is 0.0148. The van der Waals surface area contributed by atoms with Gasteiger partial charge in [-0.2, -0.15) is 0 Å². The van der Waals surface area contributed by atoms with Gasteiger partial charge < -0.3 is 0 Å². The summed E-state index contributed by atoms with van der Waals surface area (Å²) in [4.78, 5) is 23.2. The third kappa shape index (κ3) is 2.05. The average molecular weight is 328 g/mol. The van der Waals surface area contributed by atoms with Gasteiger partial charge in [-0.05, 0) is 37.7 Å². The Morgan fingerprint density at radius 2 is 2.17 bits per heavy atom. The maximum absolute atomic E-state index is 11.3. The fourth-order valence-electron chi connectivity index (χ4n) is 3.49. The van der Waals surface area contributed by atoms with E-state index in [2.05, 4.69) is 20.9 Å². The van der Waals surface area contributed by atoms with Crippen LogP contribution in [0.15, 0.2) is 6.33 Å². The summed E-state index contributed by atoms with van der Waals surface area (Å²) in [6, 6.07) is -0.0443. The lowest BCUT2D eigenvalue weighted by molar-refractivity contribution is -0.124. The van der Waals surface area contributed by atoms with Crippen LogP contribution in [0.3, 0.4) is 0 Å². The SMILES string of the molecule is O=C1CCC(c2nc3c4c5c(sc4ncn3n2)CCCC5)NN1. The number of thiophene rings is 1. The molecule has 3 aromatic rings. The molecule has 4 heterocycles. The smallest absolute Gasteiger partial charge is 0.234 e. The van der Waals surface area contributed by atoms with Crippen LogP contribution in [0.4, 0.5) is 0 Å². The van der Waals surface area contributed by atoms with Crippen molar-refractivity contribution in [1.82, 2.24) is 30.4 Å². The Hall–Kier alpha value is -2.06. The first kappa shape index (κ1) is 13.4. The maximum atomic E-state index is 11.3. The van der Waals surface area contributed by atoms with Gasteiger partial charge in [0.25, 0.3) is 0 Å². The maximum Gasteiger partial charge on any atom is 0.234 e. The highest BCUT2D eigenvalue weighted by Crippen LogP contribution is 2.37. The van der Waals surface area contributed by atoms with Gasteiger partial charge in [0, 0.05) is 11.3 Å². The van der Waals surface area contributed by atoms with Crippen molar-refractivity contribution in [2.45, 2.75) is 44.6 Å².